The average Bonchev–Trinajstić information content (AvgIpc) is 3.52. The first-order valence-electron chi connectivity index (χ1n) is 18.6. The highest BCUT2D eigenvalue weighted by Crippen LogP contribution is 2.68. The zero-order valence-electron chi connectivity index (χ0n) is 30.0. The van der Waals surface area contributed by atoms with Crippen molar-refractivity contribution in [3.8, 4) is 0 Å². The van der Waals surface area contributed by atoms with Crippen LogP contribution in [-0.4, -0.2) is 60.4 Å². The number of carbonyl (C=O) groups is 4. The Bertz CT molecular complexity index is 1190. The van der Waals surface area contributed by atoms with E-state index in [1.54, 1.807) is 0 Å². The molecular formula is C38H61NO8. The van der Waals surface area contributed by atoms with Crippen molar-refractivity contribution in [2.24, 2.45) is 57.7 Å². The Morgan fingerprint density at radius 1 is 0.979 bits per heavy atom. The number of nitrogens with one attached hydrogen (secondary N) is 1. The number of ether oxygens (including phenoxy) is 3. The highest BCUT2D eigenvalue weighted by atomic mass is 16.6. The molecule has 5 rings (SSSR count). The normalized spacial score (nSPS) is 40.2. The number of esters is 3. The summed E-state index contributed by atoms with van der Waals surface area (Å²) in [5, 5.41) is 14.8. The standard InChI is InChI=1S/C38H61NO8/c1-8-22(2)34(43)46-25-15-17-37(6)24(19-25)10-11-26-28-13-12-27(38(28,7)30(40)20-29(26)37)23(3)9-14-31(41)39-18-16-32(42)47-33-35(44)45-21-36(33,4)5/h22-30,33,40H,8-21H2,1-7H3,(H,39,41). The molecule has 5 aliphatic rings. The van der Waals surface area contributed by atoms with Crippen LogP contribution in [0.2, 0.25) is 0 Å². The van der Waals surface area contributed by atoms with Crippen molar-refractivity contribution < 1.29 is 38.5 Å². The SMILES string of the molecule is CCC(C)C(=O)OC1CCC2(C)C(CCC3C2CC(O)C2(C)C(C(C)CCC(=O)NCCC(=O)OC4C(=O)OCC4(C)C)CCC32)C1. The minimum absolute atomic E-state index is 0.00191. The number of cyclic esters (lactones) is 1. The third-order valence-corrected chi connectivity index (χ3v) is 14.0. The molecular weight excluding hydrogens is 598 g/mol. The number of aliphatic hydroxyl groups excluding tert-OH is 1. The molecule has 1 aliphatic heterocycles. The highest BCUT2D eigenvalue weighted by Gasteiger charge is 2.64. The van der Waals surface area contributed by atoms with Crippen molar-refractivity contribution >= 4 is 23.8 Å². The van der Waals surface area contributed by atoms with Crippen LogP contribution in [0.3, 0.4) is 0 Å². The second kappa shape index (κ2) is 14.0. The lowest BCUT2D eigenvalue weighted by atomic mass is 9.43. The molecule has 1 heterocycles. The molecule has 0 spiro atoms. The first-order chi connectivity index (χ1) is 22.1. The molecule has 9 nitrogen and oxygen atoms in total. The van der Waals surface area contributed by atoms with Crippen LogP contribution in [0.15, 0.2) is 0 Å². The molecule has 266 valence electrons. The van der Waals surface area contributed by atoms with E-state index >= 15 is 0 Å². The fourth-order valence-electron chi connectivity index (χ4n) is 10.8. The molecule has 2 N–H and O–H groups in total. The lowest BCUT2D eigenvalue weighted by Crippen LogP contribution is -2.59. The second-order valence-corrected chi connectivity index (χ2v) is 17.2. The molecule has 47 heavy (non-hydrogen) atoms. The molecule has 12 atom stereocenters. The van der Waals surface area contributed by atoms with Gasteiger partial charge in [-0.2, -0.15) is 0 Å². The average molecular weight is 660 g/mol. The molecule has 4 saturated carbocycles. The predicted octanol–water partition coefficient (Wildman–Crippen LogP) is 5.99. The number of hydrogen-bond acceptors (Lipinski definition) is 8. The van der Waals surface area contributed by atoms with Crippen molar-refractivity contribution in [3.63, 3.8) is 0 Å². The Balaban J connectivity index is 1.11. The van der Waals surface area contributed by atoms with Gasteiger partial charge in [0, 0.05) is 18.4 Å². The van der Waals surface area contributed by atoms with Crippen LogP contribution < -0.4 is 5.32 Å². The molecule has 0 aromatic carbocycles. The first kappa shape index (κ1) is 36.1. The number of amides is 1. The Kier molecular flexibility index (Phi) is 10.8. The van der Waals surface area contributed by atoms with Gasteiger partial charge in [0.25, 0.3) is 0 Å². The van der Waals surface area contributed by atoms with Gasteiger partial charge in [-0.3, -0.25) is 14.4 Å². The third-order valence-electron chi connectivity index (χ3n) is 14.0. The van der Waals surface area contributed by atoms with E-state index in [1.807, 2.05) is 27.7 Å². The van der Waals surface area contributed by atoms with Crippen LogP contribution >= 0.6 is 0 Å². The Morgan fingerprint density at radius 3 is 2.40 bits per heavy atom. The maximum atomic E-state index is 12.7. The molecule has 1 saturated heterocycles. The van der Waals surface area contributed by atoms with Gasteiger partial charge in [-0.05, 0) is 111 Å². The van der Waals surface area contributed by atoms with Gasteiger partial charge in [-0.1, -0.05) is 48.5 Å². The predicted molar refractivity (Wildman–Crippen MR) is 177 cm³/mol. The number of aliphatic hydroxyl groups is 1. The van der Waals surface area contributed by atoms with Crippen LogP contribution in [0.4, 0.5) is 0 Å². The van der Waals surface area contributed by atoms with E-state index < -0.39 is 23.5 Å². The molecule has 0 bridgehead atoms. The zero-order chi connectivity index (χ0) is 34.3. The quantitative estimate of drug-likeness (QED) is 0.205. The minimum Gasteiger partial charge on any atom is -0.462 e. The minimum atomic E-state index is -0.910. The van der Waals surface area contributed by atoms with E-state index in [1.165, 1.54) is 12.8 Å². The monoisotopic (exact) mass is 659 g/mol. The lowest BCUT2D eigenvalue weighted by Gasteiger charge is -2.62. The van der Waals surface area contributed by atoms with Crippen LogP contribution in [0.5, 0.6) is 0 Å². The van der Waals surface area contributed by atoms with Crippen molar-refractivity contribution in [1.82, 2.24) is 5.32 Å². The van der Waals surface area contributed by atoms with Gasteiger partial charge in [0.1, 0.15) is 12.7 Å². The summed E-state index contributed by atoms with van der Waals surface area (Å²) in [7, 11) is 0. The van der Waals surface area contributed by atoms with Crippen molar-refractivity contribution in [2.45, 2.75) is 144 Å². The molecule has 4 aliphatic carbocycles. The van der Waals surface area contributed by atoms with Gasteiger partial charge in [-0.25, -0.2) is 4.79 Å². The number of rotatable bonds is 11. The molecule has 0 aromatic rings. The molecule has 1 amide bonds. The van der Waals surface area contributed by atoms with Gasteiger partial charge >= 0.3 is 17.9 Å². The third kappa shape index (κ3) is 6.98. The molecule has 9 heteroatoms. The summed E-state index contributed by atoms with van der Waals surface area (Å²) in [5.41, 5.74) is -0.534. The summed E-state index contributed by atoms with van der Waals surface area (Å²) in [6.07, 6.45) is 9.05. The Labute approximate surface area is 282 Å². The van der Waals surface area contributed by atoms with Crippen LogP contribution in [0.25, 0.3) is 0 Å². The lowest BCUT2D eigenvalue weighted by molar-refractivity contribution is -0.183. The van der Waals surface area contributed by atoms with E-state index in [0.717, 1.165) is 51.4 Å². The van der Waals surface area contributed by atoms with Crippen LogP contribution in [-0.2, 0) is 33.4 Å². The summed E-state index contributed by atoms with van der Waals surface area (Å²) in [6, 6.07) is 0. The number of carbonyl (C=O) groups excluding carboxylic acids is 4. The summed E-state index contributed by atoms with van der Waals surface area (Å²) >= 11 is 0. The molecule has 12 unspecified atom stereocenters. The van der Waals surface area contributed by atoms with Gasteiger partial charge in [0.05, 0.1) is 18.4 Å². The zero-order valence-corrected chi connectivity index (χ0v) is 30.0. The largest absolute Gasteiger partial charge is 0.462 e. The van der Waals surface area contributed by atoms with Gasteiger partial charge in [-0.15, -0.1) is 0 Å². The molecule has 0 radical (unpaired) electrons. The van der Waals surface area contributed by atoms with Gasteiger partial charge in [0.2, 0.25) is 12.0 Å². The highest BCUT2D eigenvalue weighted by molar-refractivity contribution is 5.82. The summed E-state index contributed by atoms with van der Waals surface area (Å²) < 4.78 is 16.4. The smallest absolute Gasteiger partial charge is 0.348 e. The number of fused-ring (bicyclic) bond motifs is 5. The maximum absolute atomic E-state index is 12.7. The Morgan fingerprint density at radius 2 is 1.72 bits per heavy atom. The van der Waals surface area contributed by atoms with E-state index in [9.17, 15) is 24.3 Å². The van der Waals surface area contributed by atoms with Crippen molar-refractivity contribution in [3.05, 3.63) is 0 Å². The molecule has 0 aromatic heterocycles. The van der Waals surface area contributed by atoms with E-state index in [4.69, 9.17) is 14.2 Å². The van der Waals surface area contributed by atoms with Crippen molar-refractivity contribution in [2.75, 3.05) is 13.2 Å². The first-order valence-corrected chi connectivity index (χ1v) is 18.6. The van der Waals surface area contributed by atoms with Gasteiger partial charge in [0.15, 0.2) is 0 Å². The van der Waals surface area contributed by atoms with E-state index in [2.05, 4.69) is 26.1 Å². The Hall–Kier alpha value is -2.16. The van der Waals surface area contributed by atoms with Crippen LogP contribution in [0.1, 0.15) is 126 Å². The number of hydrogen-bond donors (Lipinski definition) is 2. The summed E-state index contributed by atoms with van der Waals surface area (Å²) in [5.74, 6) is 1.55. The van der Waals surface area contributed by atoms with Crippen LogP contribution in [0, 0.1) is 57.7 Å². The fraction of sp³-hybridized carbons (Fsp3) is 0.895. The van der Waals surface area contributed by atoms with Crippen molar-refractivity contribution in [1.29, 1.82) is 0 Å². The maximum Gasteiger partial charge on any atom is 0.348 e. The summed E-state index contributed by atoms with van der Waals surface area (Å²) in [4.78, 5) is 49.5. The summed E-state index contributed by atoms with van der Waals surface area (Å²) in [6.45, 7) is 15.1. The topological polar surface area (TPSA) is 128 Å². The van der Waals surface area contributed by atoms with E-state index in [-0.39, 0.29) is 60.4 Å². The van der Waals surface area contributed by atoms with Gasteiger partial charge < -0.3 is 24.6 Å². The second-order valence-electron chi connectivity index (χ2n) is 17.2. The fourth-order valence-corrected chi connectivity index (χ4v) is 10.8. The van der Waals surface area contributed by atoms with E-state index in [0.29, 0.717) is 41.9 Å². The molecule has 5 fully saturated rings.